The second-order valence-corrected chi connectivity index (χ2v) is 5.73. The SMILES string of the molecule is CCCOCCN1CCNCC1C(C)(C)C. The third-order valence-electron chi connectivity index (χ3n) is 3.23. The molecule has 0 radical (unpaired) electrons. The van der Waals surface area contributed by atoms with Gasteiger partial charge in [0.1, 0.15) is 0 Å². The summed E-state index contributed by atoms with van der Waals surface area (Å²) in [5, 5.41) is 3.49. The Kier molecular flexibility index (Phi) is 5.73. The van der Waals surface area contributed by atoms with Gasteiger partial charge in [-0.15, -0.1) is 0 Å². The quantitative estimate of drug-likeness (QED) is 0.725. The van der Waals surface area contributed by atoms with Crippen LogP contribution in [0.5, 0.6) is 0 Å². The Morgan fingerprint density at radius 3 is 2.69 bits per heavy atom. The molecule has 0 amide bonds. The zero-order chi connectivity index (χ0) is 12.0. The van der Waals surface area contributed by atoms with Crippen LogP contribution in [0.15, 0.2) is 0 Å². The Hall–Kier alpha value is -0.120. The molecule has 3 heteroatoms. The molecule has 0 aliphatic carbocycles. The van der Waals surface area contributed by atoms with Gasteiger partial charge >= 0.3 is 0 Å². The van der Waals surface area contributed by atoms with Gasteiger partial charge in [-0.25, -0.2) is 0 Å². The molecule has 1 fully saturated rings. The van der Waals surface area contributed by atoms with Gasteiger partial charge in [-0.1, -0.05) is 27.7 Å². The van der Waals surface area contributed by atoms with Crippen molar-refractivity contribution in [3.8, 4) is 0 Å². The van der Waals surface area contributed by atoms with Crippen molar-refractivity contribution in [1.82, 2.24) is 10.2 Å². The minimum Gasteiger partial charge on any atom is -0.380 e. The van der Waals surface area contributed by atoms with Crippen LogP contribution in [0.3, 0.4) is 0 Å². The maximum absolute atomic E-state index is 5.58. The normalized spacial score (nSPS) is 23.6. The van der Waals surface area contributed by atoms with E-state index in [-0.39, 0.29) is 0 Å². The molecule has 1 heterocycles. The van der Waals surface area contributed by atoms with Crippen molar-refractivity contribution in [3.05, 3.63) is 0 Å². The average molecular weight is 228 g/mol. The standard InChI is InChI=1S/C13H28N2O/c1-5-9-16-10-8-15-7-6-14-11-12(15)13(2,3)4/h12,14H,5-11H2,1-4H3. The number of hydrogen-bond donors (Lipinski definition) is 1. The van der Waals surface area contributed by atoms with E-state index in [4.69, 9.17) is 4.74 Å². The lowest BCUT2D eigenvalue weighted by atomic mass is 9.84. The van der Waals surface area contributed by atoms with Crippen molar-refractivity contribution in [2.75, 3.05) is 39.4 Å². The van der Waals surface area contributed by atoms with Gasteiger partial charge in [0.05, 0.1) is 6.61 Å². The van der Waals surface area contributed by atoms with Crippen molar-refractivity contribution < 1.29 is 4.74 Å². The van der Waals surface area contributed by atoms with Gasteiger partial charge in [-0.05, 0) is 11.8 Å². The fraction of sp³-hybridized carbons (Fsp3) is 1.00. The first kappa shape index (κ1) is 13.9. The molecule has 1 atom stereocenters. The summed E-state index contributed by atoms with van der Waals surface area (Å²) >= 11 is 0. The average Bonchev–Trinajstić information content (AvgIpc) is 2.24. The molecule has 1 saturated heterocycles. The molecule has 0 aromatic rings. The summed E-state index contributed by atoms with van der Waals surface area (Å²) in [5.41, 5.74) is 0.345. The molecule has 0 aromatic heterocycles. The first-order valence-corrected chi connectivity index (χ1v) is 6.58. The minimum absolute atomic E-state index is 0.345. The molecule has 16 heavy (non-hydrogen) atoms. The number of hydrogen-bond acceptors (Lipinski definition) is 3. The summed E-state index contributed by atoms with van der Waals surface area (Å²) in [4.78, 5) is 2.58. The maximum atomic E-state index is 5.58. The summed E-state index contributed by atoms with van der Waals surface area (Å²) in [6.07, 6.45) is 1.12. The first-order valence-electron chi connectivity index (χ1n) is 6.58. The van der Waals surface area contributed by atoms with Gasteiger partial charge in [0.25, 0.3) is 0 Å². The molecule has 3 nitrogen and oxygen atoms in total. The van der Waals surface area contributed by atoms with Crippen LogP contribution in [-0.2, 0) is 4.74 Å². The highest BCUT2D eigenvalue weighted by atomic mass is 16.5. The Morgan fingerprint density at radius 2 is 2.06 bits per heavy atom. The lowest BCUT2D eigenvalue weighted by Crippen LogP contribution is -2.57. The number of rotatable bonds is 5. The summed E-state index contributed by atoms with van der Waals surface area (Å²) in [7, 11) is 0. The van der Waals surface area contributed by atoms with Crippen LogP contribution < -0.4 is 5.32 Å². The second kappa shape index (κ2) is 6.58. The minimum atomic E-state index is 0.345. The Morgan fingerprint density at radius 1 is 1.31 bits per heavy atom. The fourth-order valence-electron chi connectivity index (χ4n) is 2.30. The molecular weight excluding hydrogens is 200 g/mol. The van der Waals surface area contributed by atoms with Crippen LogP contribution in [0.1, 0.15) is 34.1 Å². The predicted molar refractivity (Wildman–Crippen MR) is 68.8 cm³/mol. The molecule has 1 unspecified atom stereocenters. The highest BCUT2D eigenvalue weighted by Gasteiger charge is 2.31. The van der Waals surface area contributed by atoms with Gasteiger partial charge in [0.2, 0.25) is 0 Å². The van der Waals surface area contributed by atoms with Crippen LogP contribution in [0.25, 0.3) is 0 Å². The van der Waals surface area contributed by atoms with E-state index < -0.39 is 0 Å². The Labute approximate surface area is 101 Å². The van der Waals surface area contributed by atoms with Gasteiger partial charge in [0.15, 0.2) is 0 Å². The van der Waals surface area contributed by atoms with Crippen molar-refractivity contribution in [2.45, 2.75) is 40.2 Å². The molecule has 1 aliphatic heterocycles. The summed E-state index contributed by atoms with van der Waals surface area (Å²) < 4.78 is 5.58. The molecule has 1 aliphatic rings. The van der Waals surface area contributed by atoms with E-state index in [1.165, 1.54) is 0 Å². The van der Waals surface area contributed by atoms with Crippen molar-refractivity contribution in [1.29, 1.82) is 0 Å². The van der Waals surface area contributed by atoms with Gasteiger partial charge in [-0.3, -0.25) is 4.90 Å². The monoisotopic (exact) mass is 228 g/mol. The van der Waals surface area contributed by atoms with E-state index in [1.807, 2.05) is 0 Å². The lowest BCUT2D eigenvalue weighted by molar-refractivity contribution is 0.0383. The van der Waals surface area contributed by atoms with Crippen LogP contribution in [-0.4, -0.2) is 50.3 Å². The topological polar surface area (TPSA) is 24.5 Å². The second-order valence-electron chi connectivity index (χ2n) is 5.73. The largest absolute Gasteiger partial charge is 0.380 e. The Bertz CT molecular complexity index is 189. The number of nitrogens with one attached hydrogen (secondary N) is 1. The number of piperazine rings is 1. The molecule has 1 rings (SSSR count). The van der Waals surface area contributed by atoms with E-state index in [0.29, 0.717) is 11.5 Å². The Balaban J connectivity index is 2.35. The molecule has 0 spiro atoms. The molecular formula is C13H28N2O. The van der Waals surface area contributed by atoms with Crippen LogP contribution in [0, 0.1) is 5.41 Å². The third-order valence-corrected chi connectivity index (χ3v) is 3.23. The van der Waals surface area contributed by atoms with E-state index in [0.717, 1.165) is 45.8 Å². The van der Waals surface area contributed by atoms with Gasteiger partial charge < -0.3 is 10.1 Å². The lowest BCUT2D eigenvalue weighted by Gasteiger charge is -2.43. The van der Waals surface area contributed by atoms with Crippen LogP contribution in [0.2, 0.25) is 0 Å². The van der Waals surface area contributed by atoms with E-state index in [2.05, 4.69) is 37.9 Å². The zero-order valence-electron chi connectivity index (χ0n) is 11.4. The van der Waals surface area contributed by atoms with Crippen molar-refractivity contribution in [2.24, 2.45) is 5.41 Å². The maximum Gasteiger partial charge on any atom is 0.0593 e. The van der Waals surface area contributed by atoms with E-state index in [9.17, 15) is 0 Å². The molecule has 96 valence electrons. The molecule has 0 aromatic carbocycles. The third kappa shape index (κ3) is 4.40. The van der Waals surface area contributed by atoms with E-state index >= 15 is 0 Å². The summed E-state index contributed by atoms with van der Waals surface area (Å²) in [6.45, 7) is 15.3. The zero-order valence-corrected chi connectivity index (χ0v) is 11.4. The smallest absolute Gasteiger partial charge is 0.0593 e. The van der Waals surface area contributed by atoms with Gasteiger partial charge in [0, 0.05) is 38.8 Å². The van der Waals surface area contributed by atoms with Crippen molar-refractivity contribution >= 4 is 0 Å². The number of ether oxygens (including phenoxy) is 1. The van der Waals surface area contributed by atoms with Gasteiger partial charge in [-0.2, -0.15) is 0 Å². The molecule has 0 saturated carbocycles. The predicted octanol–water partition coefficient (Wildman–Crippen LogP) is 1.73. The van der Waals surface area contributed by atoms with Crippen LogP contribution >= 0.6 is 0 Å². The highest BCUT2D eigenvalue weighted by molar-refractivity contribution is 4.88. The summed E-state index contributed by atoms with van der Waals surface area (Å²) in [6, 6.07) is 0.631. The molecule has 1 N–H and O–H groups in total. The first-order chi connectivity index (χ1) is 7.55. The van der Waals surface area contributed by atoms with Crippen molar-refractivity contribution in [3.63, 3.8) is 0 Å². The number of nitrogens with zero attached hydrogens (tertiary/aromatic N) is 1. The molecule has 0 bridgehead atoms. The summed E-state index contributed by atoms with van der Waals surface area (Å²) in [5.74, 6) is 0. The van der Waals surface area contributed by atoms with Crippen LogP contribution in [0.4, 0.5) is 0 Å². The van der Waals surface area contributed by atoms with E-state index in [1.54, 1.807) is 0 Å². The highest BCUT2D eigenvalue weighted by Crippen LogP contribution is 2.25. The fourth-order valence-corrected chi connectivity index (χ4v) is 2.30.